The minimum absolute atomic E-state index is 0.0203. The number of carbonyl (C=O) groups is 1. The molecule has 0 saturated carbocycles. The molecule has 0 radical (unpaired) electrons. The number of aromatic nitrogens is 4. The lowest BCUT2D eigenvalue weighted by Crippen LogP contribution is -2.29. The van der Waals surface area contributed by atoms with E-state index in [-0.39, 0.29) is 11.2 Å². The predicted molar refractivity (Wildman–Crippen MR) is 117 cm³/mol. The molecule has 3 heterocycles. The molecule has 0 unspecified atom stereocenters. The third-order valence-corrected chi connectivity index (χ3v) is 5.10. The van der Waals surface area contributed by atoms with Crippen LogP contribution in [0.15, 0.2) is 51.7 Å². The third-order valence-electron chi connectivity index (χ3n) is 5.10. The van der Waals surface area contributed by atoms with E-state index in [1.165, 1.54) is 6.07 Å². The minimum atomic E-state index is -0.453. The largest absolute Gasteiger partial charge is 0.451 e. The fourth-order valence-corrected chi connectivity index (χ4v) is 3.15. The van der Waals surface area contributed by atoms with Gasteiger partial charge in [0.25, 0.3) is 5.91 Å². The van der Waals surface area contributed by atoms with E-state index in [0.717, 1.165) is 17.0 Å². The van der Waals surface area contributed by atoms with E-state index in [1.807, 2.05) is 26.8 Å². The second-order valence-corrected chi connectivity index (χ2v) is 7.14. The molecule has 1 aromatic carbocycles. The quantitative estimate of drug-likeness (QED) is 0.462. The van der Waals surface area contributed by atoms with E-state index in [9.17, 15) is 9.59 Å². The number of para-hydroxylation sites is 1. The number of nitrogens with one attached hydrogen (secondary N) is 2. The maximum absolute atomic E-state index is 12.3. The van der Waals surface area contributed by atoms with Gasteiger partial charge in [0.15, 0.2) is 17.0 Å². The topological polar surface area (TPSA) is 115 Å². The van der Waals surface area contributed by atoms with Crippen LogP contribution in [0, 0.1) is 20.8 Å². The number of nitrogens with zero attached hydrogens (tertiary/aromatic N) is 4. The molecule has 4 rings (SSSR count). The number of aryl methyl sites for hydroxylation is 1. The summed E-state index contributed by atoms with van der Waals surface area (Å²) in [7, 11) is 0. The van der Waals surface area contributed by atoms with Gasteiger partial charge in [-0.3, -0.25) is 9.59 Å². The number of fused-ring (bicyclic) bond motifs is 1. The second kappa shape index (κ2) is 8.39. The number of anilines is 1. The van der Waals surface area contributed by atoms with Crippen LogP contribution >= 0.6 is 0 Å². The molecule has 0 saturated heterocycles. The Morgan fingerprint density at radius 1 is 1.06 bits per heavy atom. The van der Waals surface area contributed by atoms with Crippen molar-refractivity contribution in [2.45, 2.75) is 20.8 Å². The lowest BCUT2D eigenvalue weighted by atomic mass is 10.2. The molecular formula is C22H22N6O3. The van der Waals surface area contributed by atoms with Gasteiger partial charge in [-0.1, -0.05) is 12.1 Å². The van der Waals surface area contributed by atoms with Gasteiger partial charge < -0.3 is 15.1 Å². The standard InChI is InChI=1S/C22H22N6O3/c1-13-14(2)27-28(15(13)3)21-9-8-20(25-26-21)23-10-11-24-22(30)19-12-17(29)16-6-4-5-7-18(16)31-19/h4-9,12H,10-11H2,1-3H3,(H,23,25)(H,24,30). The fraction of sp³-hybridized carbons (Fsp3) is 0.227. The Labute approximate surface area is 178 Å². The second-order valence-electron chi connectivity index (χ2n) is 7.14. The highest BCUT2D eigenvalue weighted by Crippen LogP contribution is 2.15. The van der Waals surface area contributed by atoms with Crippen LogP contribution in [0.4, 0.5) is 5.82 Å². The summed E-state index contributed by atoms with van der Waals surface area (Å²) >= 11 is 0. The molecule has 0 spiro atoms. The SMILES string of the molecule is Cc1nn(-c2ccc(NCCNC(=O)c3cc(=O)c4ccccc4o3)nn2)c(C)c1C. The van der Waals surface area contributed by atoms with Crippen LogP contribution < -0.4 is 16.1 Å². The van der Waals surface area contributed by atoms with Gasteiger partial charge in [-0.05, 0) is 50.6 Å². The Balaban J connectivity index is 1.33. The van der Waals surface area contributed by atoms with Crippen molar-refractivity contribution in [3.05, 3.63) is 75.4 Å². The molecular weight excluding hydrogens is 396 g/mol. The van der Waals surface area contributed by atoms with Crippen molar-refractivity contribution in [2.75, 3.05) is 18.4 Å². The van der Waals surface area contributed by atoms with Gasteiger partial charge in [-0.25, -0.2) is 4.68 Å². The zero-order valence-corrected chi connectivity index (χ0v) is 17.5. The van der Waals surface area contributed by atoms with Gasteiger partial charge in [-0.2, -0.15) is 5.10 Å². The van der Waals surface area contributed by atoms with E-state index in [0.29, 0.717) is 35.7 Å². The smallest absolute Gasteiger partial charge is 0.287 e. The van der Waals surface area contributed by atoms with Crippen LogP contribution in [0.3, 0.4) is 0 Å². The monoisotopic (exact) mass is 418 g/mol. The molecule has 0 atom stereocenters. The van der Waals surface area contributed by atoms with Crippen LogP contribution in [0.2, 0.25) is 0 Å². The molecule has 0 bridgehead atoms. The molecule has 9 heteroatoms. The Hall–Kier alpha value is -4.01. The van der Waals surface area contributed by atoms with E-state index >= 15 is 0 Å². The average molecular weight is 418 g/mol. The maximum atomic E-state index is 12.3. The highest BCUT2D eigenvalue weighted by Gasteiger charge is 2.12. The number of amides is 1. The Bertz CT molecular complexity index is 1310. The van der Waals surface area contributed by atoms with Crippen LogP contribution in [0.25, 0.3) is 16.8 Å². The number of hydrogen-bond acceptors (Lipinski definition) is 7. The van der Waals surface area contributed by atoms with Crippen LogP contribution in [-0.4, -0.2) is 39.0 Å². The summed E-state index contributed by atoms with van der Waals surface area (Å²) in [6, 6.07) is 11.7. The Morgan fingerprint density at radius 2 is 1.87 bits per heavy atom. The van der Waals surface area contributed by atoms with Crippen molar-refractivity contribution >= 4 is 22.7 Å². The van der Waals surface area contributed by atoms with Gasteiger partial charge in [0.2, 0.25) is 0 Å². The minimum Gasteiger partial charge on any atom is -0.451 e. The van der Waals surface area contributed by atoms with Gasteiger partial charge in [-0.15, -0.1) is 10.2 Å². The molecule has 4 aromatic rings. The predicted octanol–water partition coefficient (Wildman–Crippen LogP) is 2.54. The van der Waals surface area contributed by atoms with Crippen LogP contribution in [0.1, 0.15) is 27.5 Å². The first-order valence-electron chi connectivity index (χ1n) is 9.86. The third kappa shape index (κ3) is 4.16. The van der Waals surface area contributed by atoms with E-state index in [1.54, 1.807) is 35.0 Å². The first-order chi connectivity index (χ1) is 14.9. The zero-order chi connectivity index (χ0) is 22.0. The molecule has 9 nitrogen and oxygen atoms in total. The summed E-state index contributed by atoms with van der Waals surface area (Å²) in [6.07, 6.45) is 0. The van der Waals surface area contributed by atoms with Crippen molar-refractivity contribution in [2.24, 2.45) is 0 Å². The highest BCUT2D eigenvalue weighted by atomic mass is 16.3. The number of rotatable bonds is 6. The normalized spacial score (nSPS) is 10.9. The summed E-state index contributed by atoms with van der Waals surface area (Å²) in [6.45, 7) is 6.71. The molecule has 0 aliphatic carbocycles. The van der Waals surface area contributed by atoms with Gasteiger partial charge in [0, 0.05) is 24.8 Å². The van der Waals surface area contributed by atoms with Crippen molar-refractivity contribution in [1.82, 2.24) is 25.3 Å². The average Bonchev–Trinajstić information content (AvgIpc) is 3.04. The summed E-state index contributed by atoms with van der Waals surface area (Å²) in [5.41, 5.74) is 3.24. The lowest BCUT2D eigenvalue weighted by molar-refractivity contribution is 0.0928. The summed E-state index contributed by atoms with van der Waals surface area (Å²) < 4.78 is 7.29. The zero-order valence-electron chi connectivity index (χ0n) is 17.5. The lowest BCUT2D eigenvalue weighted by Gasteiger charge is -2.08. The first kappa shape index (κ1) is 20.3. The van der Waals surface area contributed by atoms with Crippen LogP contribution in [-0.2, 0) is 0 Å². The molecule has 0 aliphatic rings. The van der Waals surface area contributed by atoms with Crippen molar-refractivity contribution in [1.29, 1.82) is 0 Å². The summed E-state index contributed by atoms with van der Waals surface area (Å²) in [5.74, 6) is 0.742. The van der Waals surface area contributed by atoms with Crippen molar-refractivity contribution in [3.8, 4) is 5.82 Å². The molecule has 3 aromatic heterocycles. The number of benzene rings is 1. The van der Waals surface area contributed by atoms with E-state index in [2.05, 4.69) is 25.9 Å². The number of hydrogen-bond donors (Lipinski definition) is 2. The van der Waals surface area contributed by atoms with Crippen molar-refractivity contribution in [3.63, 3.8) is 0 Å². The van der Waals surface area contributed by atoms with Gasteiger partial charge >= 0.3 is 0 Å². The Kier molecular flexibility index (Phi) is 5.48. The van der Waals surface area contributed by atoms with Crippen molar-refractivity contribution < 1.29 is 9.21 Å². The molecule has 158 valence electrons. The highest BCUT2D eigenvalue weighted by molar-refractivity contribution is 5.93. The Morgan fingerprint density at radius 3 is 2.58 bits per heavy atom. The first-order valence-corrected chi connectivity index (χ1v) is 9.86. The summed E-state index contributed by atoms with van der Waals surface area (Å²) in [4.78, 5) is 24.4. The van der Waals surface area contributed by atoms with Crippen LogP contribution in [0.5, 0.6) is 0 Å². The van der Waals surface area contributed by atoms with E-state index in [4.69, 9.17) is 4.42 Å². The summed E-state index contributed by atoms with van der Waals surface area (Å²) in [5, 5.41) is 19.1. The van der Waals surface area contributed by atoms with Gasteiger partial charge in [0.1, 0.15) is 11.4 Å². The molecule has 2 N–H and O–H groups in total. The molecule has 0 fully saturated rings. The molecule has 1 amide bonds. The van der Waals surface area contributed by atoms with Gasteiger partial charge in [0.05, 0.1) is 11.1 Å². The maximum Gasteiger partial charge on any atom is 0.287 e. The fourth-order valence-electron chi connectivity index (χ4n) is 3.15. The molecule has 31 heavy (non-hydrogen) atoms. The number of carbonyl (C=O) groups excluding carboxylic acids is 1. The van der Waals surface area contributed by atoms with E-state index < -0.39 is 5.91 Å². The molecule has 0 aliphatic heterocycles.